The Kier molecular flexibility index (Phi) is 3.89. The summed E-state index contributed by atoms with van der Waals surface area (Å²) < 4.78 is 2.34. The van der Waals surface area contributed by atoms with Crippen LogP contribution in [0.1, 0.15) is 51.3 Å². The summed E-state index contributed by atoms with van der Waals surface area (Å²) in [6.45, 7) is 5.30. The van der Waals surface area contributed by atoms with Crippen LogP contribution in [0.4, 0.5) is 5.69 Å². The number of aliphatic hydroxyl groups is 1. The Morgan fingerprint density at radius 1 is 1.38 bits per heavy atom. The van der Waals surface area contributed by atoms with E-state index in [1.165, 1.54) is 6.42 Å². The third-order valence-corrected chi connectivity index (χ3v) is 4.51. The zero-order valence-electron chi connectivity index (χ0n) is 12.9. The minimum Gasteiger partial charge on any atom is -0.399 e. The van der Waals surface area contributed by atoms with Gasteiger partial charge in [0.05, 0.1) is 17.1 Å². The number of anilines is 1. The molecule has 1 aliphatic rings. The van der Waals surface area contributed by atoms with Crippen LogP contribution in [0.25, 0.3) is 11.0 Å². The number of rotatable bonds is 3. The average Bonchev–Trinajstić information content (AvgIpc) is 2.77. The summed E-state index contributed by atoms with van der Waals surface area (Å²) in [5, 5.41) is 9.89. The van der Waals surface area contributed by atoms with Gasteiger partial charge >= 0.3 is 0 Å². The fourth-order valence-corrected chi connectivity index (χ4v) is 3.48. The minimum absolute atomic E-state index is 0.128. The molecule has 0 amide bonds. The average molecular weight is 287 g/mol. The first-order chi connectivity index (χ1) is 10.0. The van der Waals surface area contributed by atoms with Crippen LogP contribution in [0.2, 0.25) is 0 Å². The Labute approximate surface area is 126 Å². The largest absolute Gasteiger partial charge is 0.399 e. The Balaban J connectivity index is 1.97. The topological polar surface area (TPSA) is 64.1 Å². The third-order valence-electron chi connectivity index (χ3n) is 4.51. The highest BCUT2D eigenvalue weighted by atomic mass is 16.3. The van der Waals surface area contributed by atoms with Crippen LogP contribution < -0.4 is 5.73 Å². The van der Waals surface area contributed by atoms with Crippen LogP contribution in [-0.4, -0.2) is 20.8 Å². The van der Waals surface area contributed by atoms with Gasteiger partial charge in [-0.15, -0.1) is 0 Å². The van der Waals surface area contributed by atoms with Crippen molar-refractivity contribution in [1.29, 1.82) is 0 Å². The van der Waals surface area contributed by atoms with E-state index in [-0.39, 0.29) is 6.10 Å². The summed E-state index contributed by atoms with van der Waals surface area (Å²) in [4.78, 5) is 4.78. The molecule has 1 aromatic carbocycles. The van der Waals surface area contributed by atoms with Crippen molar-refractivity contribution in [2.45, 2.75) is 58.1 Å². The van der Waals surface area contributed by atoms with E-state index in [1.54, 1.807) is 0 Å². The first-order valence-corrected chi connectivity index (χ1v) is 7.98. The number of benzene rings is 1. The van der Waals surface area contributed by atoms with Crippen LogP contribution in [0.15, 0.2) is 18.2 Å². The molecule has 3 rings (SSSR count). The highest BCUT2D eigenvalue weighted by Crippen LogP contribution is 2.30. The summed E-state index contributed by atoms with van der Waals surface area (Å²) in [5.74, 6) is 2.05. The molecule has 0 aliphatic heterocycles. The zero-order chi connectivity index (χ0) is 15.0. The second kappa shape index (κ2) is 5.68. The number of aromatic nitrogens is 2. The highest BCUT2D eigenvalue weighted by molar-refractivity contribution is 5.79. The number of hydrogen-bond donors (Lipinski definition) is 2. The second-order valence-electron chi connectivity index (χ2n) is 6.67. The molecule has 1 aliphatic carbocycles. The Hall–Kier alpha value is -1.55. The van der Waals surface area contributed by atoms with Crippen molar-refractivity contribution in [3.63, 3.8) is 0 Å². The van der Waals surface area contributed by atoms with Gasteiger partial charge in [-0.2, -0.15) is 0 Å². The van der Waals surface area contributed by atoms with E-state index >= 15 is 0 Å². The number of fused-ring (bicyclic) bond motifs is 1. The molecule has 2 atom stereocenters. The number of imidazole rings is 1. The Bertz CT molecular complexity index is 632. The van der Waals surface area contributed by atoms with Crippen LogP contribution in [-0.2, 0) is 6.54 Å². The van der Waals surface area contributed by atoms with Gasteiger partial charge in [0.15, 0.2) is 0 Å². The minimum atomic E-state index is -0.128. The van der Waals surface area contributed by atoms with E-state index in [2.05, 4.69) is 24.5 Å². The SMILES string of the molecule is CC(C)c1nc2cc(N)ccc2n1CC1CCCC(O)C1. The number of aliphatic hydroxyl groups excluding tert-OH is 1. The molecule has 2 unspecified atom stereocenters. The molecule has 2 aromatic rings. The van der Waals surface area contributed by atoms with Crippen LogP contribution in [0, 0.1) is 5.92 Å². The first-order valence-electron chi connectivity index (χ1n) is 7.98. The van der Waals surface area contributed by atoms with E-state index in [0.717, 1.165) is 48.4 Å². The van der Waals surface area contributed by atoms with Gasteiger partial charge in [-0.3, -0.25) is 0 Å². The van der Waals surface area contributed by atoms with Crippen molar-refractivity contribution in [3.8, 4) is 0 Å². The summed E-state index contributed by atoms with van der Waals surface area (Å²) in [7, 11) is 0. The predicted molar refractivity (Wildman–Crippen MR) is 86.2 cm³/mol. The fraction of sp³-hybridized carbons (Fsp3) is 0.588. The fourth-order valence-electron chi connectivity index (χ4n) is 3.48. The molecule has 4 nitrogen and oxygen atoms in total. The molecule has 0 bridgehead atoms. The molecule has 4 heteroatoms. The molecule has 114 valence electrons. The summed E-state index contributed by atoms with van der Waals surface area (Å²) in [5.41, 5.74) is 8.78. The zero-order valence-corrected chi connectivity index (χ0v) is 12.9. The molecule has 1 heterocycles. The summed E-state index contributed by atoms with van der Waals surface area (Å²) in [6.07, 6.45) is 4.06. The molecule has 0 saturated heterocycles. The maximum atomic E-state index is 9.89. The van der Waals surface area contributed by atoms with Crippen molar-refractivity contribution in [1.82, 2.24) is 9.55 Å². The molecule has 1 aromatic heterocycles. The molecule has 3 N–H and O–H groups in total. The van der Waals surface area contributed by atoms with Crippen LogP contribution >= 0.6 is 0 Å². The molecule has 0 radical (unpaired) electrons. The Morgan fingerprint density at radius 3 is 2.90 bits per heavy atom. The molecule has 1 saturated carbocycles. The van der Waals surface area contributed by atoms with Gasteiger partial charge in [-0.1, -0.05) is 20.3 Å². The second-order valence-corrected chi connectivity index (χ2v) is 6.67. The number of nitrogens with two attached hydrogens (primary N) is 1. The highest BCUT2D eigenvalue weighted by Gasteiger charge is 2.23. The normalized spacial score (nSPS) is 23.0. The summed E-state index contributed by atoms with van der Waals surface area (Å²) in [6, 6.07) is 5.97. The lowest BCUT2D eigenvalue weighted by molar-refractivity contribution is 0.0954. The smallest absolute Gasteiger partial charge is 0.112 e. The molecule has 1 fully saturated rings. The number of nitrogen functional groups attached to an aromatic ring is 1. The van der Waals surface area contributed by atoms with Crippen molar-refractivity contribution in [2.75, 3.05) is 5.73 Å². The van der Waals surface area contributed by atoms with Crippen molar-refractivity contribution in [2.24, 2.45) is 5.92 Å². The van der Waals surface area contributed by atoms with E-state index < -0.39 is 0 Å². The lowest BCUT2D eigenvalue weighted by Gasteiger charge is -2.27. The van der Waals surface area contributed by atoms with Crippen molar-refractivity contribution < 1.29 is 5.11 Å². The van der Waals surface area contributed by atoms with Crippen LogP contribution in [0.3, 0.4) is 0 Å². The van der Waals surface area contributed by atoms with E-state index in [0.29, 0.717) is 11.8 Å². The third kappa shape index (κ3) is 2.91. The van der Waals surface area contributed by atoms with Gasteiger partial charge in [0.1, 0.15) is 5.82 Å². The Morgan fingerprint density at radius 2 is 2.19 bits per heavy atom. The predicted octanol–water partition coefficient (Wildman–Crippen LogP) is 3.29. The standard InChI is InChI=1S/C17H25N3O/c1-11(2)17-19-15-9-13(18)6-7-16(15)20(17)10-12-4-3-5-14(21)8-12/h6-7,9,11-12,14,21H,3-5,8,10,18H2,1-2H3. The van der Waals surface area contributed by atoms with Crippen molar-refractivity contribution >= 4 is 16.7 Å². The monoisotopic (exact) mass is 287 g/mol. The molecular weight excluding hydrogens is 262 g/mol. The van der Waals surface area contributed by atoms with Gasteiger partial charge in [0.25, 0.3) is 0 Å². The summed E-state index contributed by atoms with van der Waals surface area (Å²) >= 11 is 0. The van der Waals surface area contributed by atoms with E-state index in [1.807, 2.05) is 12.1 Å². The van der Waals surface area contributed by atoms with Gasteiger partial charge in [0, 0.05) is 18.2 Å². The quantitative estimate of drug-likeness (QED) is 0.851. The molecule has 0 spiro atoms. The maximum Gasteiger partial charge on any atom is 0.112 e. The van der Waals surface area contributed by atoms with E-state index in [9.17, 15) is 5.11 Å². The van der Waals surface area contributed by atoms with Gasteiger partial charge < -0.3 is 15.4 Å². The van der Waals surface area contributed by atoms with Crippen LogP contribution in [0.5, 0.6) is 0 Å². The molecule has 21 heavy (non-hydrogen) atoms. The lowest BCUT2D eigenvalue weighted by Crippen LogP contribution is -2.24. The first kappa shape index (κ1) is 14.4. The number of nitrogens with zero attached hydrogens (tertiary/aromatic N) is 2. The van der Waals surface area contributed by atoms with Gasteiger partial charge in [-0.05, 0) is 43.4 Å². The van der Waals surface area contributed by atoms with E-state index in [4.69, 9.17) is 10.7 Å². The maximum absolute atomic E-state index is 9.89. The van der Waals surface area contributed by atoms with Gasteiger partial charge in [0.2, 0.25) is 0 Å². The van der Waals surface area contributed by atoms with Gasteiger partial charge in [-0.25, -0.2) is 4.98 Å². The number of hydrogen-bond acceptors (Lipinski definition) is 3. The molecular formula is C17H25N3O. The van der Waals surface area contributed by atoms with Crippen molar-refractivity contribution in [3.05, 3.63) is 24.0 Å². The lowest BCUT2D eigenvalue weighted by atomic mass is 9.87.